The lowest BCUT2D eigenvalue weighted by molar-refractivity contribution is 0.0410. The molecule has 1 amide bonds. The number of nitrogens with two attached hydrogens (primary N) is 1. The Morgan fingerprint density at radius 1 is 1.38 bits per heavy atom. The van der Waals surface area contributed by atoms with E-state index in [9.17, 15) is 9.18 Å². The van der Waals surface area contributed by atoms with Gasteiger partial charge in [-0.3, -0.25) is 4.39 Å². The summed E-state index contributed by atoms with van der Waals surface area (Å²) in [6, 6.07) is 0. The number of carbonyl (C=O) groups excluding carboxylic acids is 1. The largest absolute Gasteiger partial charge is 0.449 e. The molecule has 0 saturated heterocycles. The number of amides is 1. The van der Waals surface area contributed by atoms with E-state index in [0.29, 0.717) is 0 Å². The van der Waals surface area contributed by atoms with E-state index in [4.69, 9.17) is 5.73 Å². The van der Waals surface area contributed by atoms with Crippen LogP contribution in [-0.4, -0.2) is 19.4 Å². The van der Waals surface area contributed by atoms with Gasteiger partial charge in [-0.05, 0) is 12.8 Å². The average Bonchev–Trinajstić information content (AvgIpc) is 2.16. The maximum atomic E-state index is 12.8. The molecule has 1 fully saturated rings. The zero-order valence-corrected chi connectivity index (χ0v) is 7.72. The molecular weight excluding hydrogens is 173 g/mol. The lowest BCUT2D eigenvalue weighted by Gasteiger charge is -2.33. The van der Waals surface area contributed by atoms with E-state index in [1.807, 2.05) is 0 Å². The smallest absolute Gasteiger partial charge is 0.404 e. The van der Waals surface area contributed by atoms with Crippen molar-refractivity contribution in [2.75, 3.05) is 13.3 Å². The van der Waals surface area contributed by atoms with Crippen molar-refractivity contribution in [3.05, 3.63) is 0 Å². The number of alkyl halides is 1. The minimum Gasteiger partial charge on any atom is -0.449 e. The topological polar surface area (TPSA) is 52.3 Å². The van der Waals surface area contributed by atoms with Crippen molar-refractivity contribution < 1.29 is 13.9 Å². The van der Waals surface area contributed by atoms with Gasteiger partial charge in [-0.1, -0.05) is 19.3 Å². The SMILES string of the molecule is NC(=O)OCC1(CF)CCCCC1. The highest BCUT2D eigenvalue weighted by atomic mass is 19.1. The molecule has 1 saturated carbocycles. The van der Waals surface area contributed by atoms with Gasteiger partial charge in [-0.2, -0.15) is 0 Å². The minimum atomic E-state index is -0.807. The molecule has 0 heterocycles. The van der Waals surface area contributed by atoms with E-state index >= 15 is 0 Å². The van der Waals surface area contributed by atoms with Gasteiger partial charge in [0.05, 0.1) is 6.67 Å². The molecule has 0 aliphatic heterocycles. The standard InChI is InChI=1S/C9H16FNO2/c10-6-9(7-13-8(11)12)4-2-1-3-5-9/h1-7H2,(H2,11,12). The van der Waals surface area contributed by atoms with Crippen molar-refractivity contribution in [1.29, 1.82) is 0 Å². The first kappa shape index (κ1) is 10.3. The molecule has 3 nitrogen and oxygen atoms in total. The molecule has 1 rings (SSSR count). The average molecular weight is 189 g/mol. The fourth-order valence-corrected chi connectivity index (χ4v) is 1.84. The molecule has 1 aliphatic rings. The van der Waals surface area contributed by atoms with E-state index in [2.05, 4.69) is 4.74 Å². The lowest BCUT2D eigenvalue weighted by Crippen LogP contribution is -2.34. The van der Waals surface area contributed by atoms with E-state index < -0.39 is 18.2 Å². The molecular formula is C9H16FNO2. The van der Waals surface area contributed by atoms with Gasteiger partial charge in [-0.15, -0.1) is 0 Å². The summed E-state index contributed by atoms with van der Waals surface area (Å²) in [7, 11) is 0. The predicted molar refractivity (Wildman–Crippen MR) is 47.0 cm³/mol. The lowest BCUT2D eigenvalue weighted by atomic mass is 9.76. The summed E-state index contributed by atoms with van der Waals surface area (Å²) in [6.45, 7) is -0.279. The normalized spacial score (nSPS) is 21.0. The maximum absolute atomic E-state index is 12.8. The number of rotatable bonds is 3. The highest BCUT2D eigenvalue weighted by Crippen LogP contribution is 2.36. The van der Waals surface area contributed by atoms with Crippen molar-refractivity contribution in [3.8, 4) is 0 Å². The summed E-state index contributed by atoms with van der Waals surface area (Å²) in [4.78, 5) is 10.4. The molecule has 1 aliphatic carbocycles. The van der Waals surface area contributed by atoms with Crippen molar-refractivity contribution >= 4 is 6.09 Å². The van der Waals surface area contributed by atoms with Gasteiger partial charge in [-0.25, -0.2) is 4.79 Å². The Kier molecular flexibility index (Phi) is 3.51. The summed E-state index contributed by atoms with van der Waals surface area (Å²) in [5.74, 6) is 0. The molecule has 13 heavy (non-hydrogen) atoms. The van der Waals surface area contributed by atoms with Gasteiger partial charge >= 0.3 is 6.09 Å². The van der Waals surface area contributed by atoms with Crippen molar-refractivity contribution in [2.45, 2.75) is 32.1 Å². The van der Waals surface area contributed by atoms with Gasteiger partial charge in [0.25, 0.3) is 0 Å². The zero-order valence-electron chi connectivity index (χ0n) is 7.72. The van der Waals surface area contributed by atoms with Crippen molar-refractivity contribution in [3.63, 3.8) is 0 Å². The Labute approximate surface area is 77.4 Å². The number of primary amides is 1. The first-order valence-corrected chi connectivity index (χ1v) is 4.67. The zero-order chi connectivity index (χ0) is 9.73. The van der Waals surface area contributed by atoms with Crippen LogP contribution in [0.3, 0.4) is 0 Å². The van der Waals surface area contributed by atoms with Crippen LogP contribution in [0.4, 0.5) is 9.18 Å². The second-order valence-electron chi connectivity index (χ2n) is 3.80. The molecule has 0 radical (unpaired) electrons. The van der Waals surface area contributed by atoms with Gasteiger partial charge in [0, 0.05) is 5.41 Å². The van der Waals surface area contributed by atoms with Crippen LogP contribution in [0.25, 0.3) is 0 Å². The van der Waals surface area contributed by atoms with Crippen LogP contribution in [0.2, 0.25) is 0 Å². The number of halogens is 1. The quantitative estimate of drug-likeness (QED) is 0.738. The highest BCUT2D eigenvalue weighted by molar-refractivity contribution is 5.64. The number of hydrogen-bond acceptors (Lipinski definition) is 2. The third kappa shape index (κ3) is 2.86. The molecule has 0 bridgehead atoms. The first-order chi connectivity index (χ1) is 6.18. The van der Waals surface area contributed by atoms with Gasteiger partial charge in [0.2, 0.25) is 0 Å². The molecule has 0 aromatic carbocycles. The predicted octanol–water partition coefficient (Wildman–Crippen LogP) is 2.00. The fourth-order valence-electron chi connectivity index (χ4n) is 1.84. The maximum Gasteiger partial charge on any atom is 0.404 e. The van der Waals surface area contributed by atoms with E-state index in [1.54, 1.807) is 0 Å². The summed E-state index contributed by atoms with van der Waals surface area (Å²) < 4.78 is 17.4. The minimum absolute atomic E-state index is 0.138. The van der Waals surface area contributed by atoms with E-state index in [-0.39, 0.29) is 6.61 Å². The Morgan fingerprint density at radius 2 is 2.00 bits per heavy atom. The number of hydrogen-bond donors (Lipinski definition) is 1. The Balaban J connectivity index is 2.42. The van der Waals surface area contributed by atoms with Crippen LogP contribution in [0, 0.1) is 5.41 Å². The molecule has 0 spiro atoms. The first-order valence-electron chi connectivity index (χ1n) is 4.67. The summed E-state index contributed by atoms with van der Waals surface area (Å²) in [6.07, 6.45) is 3.99. The molecule has 0 unspecified atom stereocenters. The third-order valence-electron chi connectivity index (χ3n) is 2.72. The van der Waals surface area contributed by atoms with Crippen LogP contribution in [-0.2, 0) is 4.74 Å². The molecule has 76 valence electrons. The van der Waals surface area contributed by atoms with Crippen molar-refractivity contribution in [1.82, 2.24) is 0 Å². The molecule has 0 aromatic heterocycles. The second-order valence-corrected chi connectivity index (χ2v) is 3.80. The van der Waals surface area contributed by atoms with Crippen LogP contribution >= 0.6 is 0 Å². The Morgan fingerprint density at radius 3 is 2.46 bits per heavy atom. The Hall–Kier alpha value is -0.800. The van der Waals surface area contributed by atoms with Crippen LogP contribution in [0.5, 0.6) is 0 Å². The van der Waals surface area contributed by atoms with Crippen molar-refractivity contribution in [2.24, 2.45) is 11.1 Å². The van der Waals surface area contributed by atoms with Gasteiger partial charge in [0.15, 0.2) is 0 Å². The van der Waals surface area contributed by atoms with Crippen LogP contribution < -0.4 is 5.73 Å². The molecule has 0 atom stereocenters. The number of ether oxygens (including phenoxy) is 1. The molecule has 2 N–H and O–H groups in total. The van der Waals surface area contributed by atoms with E-state index in [0.717, 1.165) is 32.1 Å². The van der Waals surface area contributed by atoms with Gasteiger partial charge in [0.1, 0.15) is 6.61 Å². The molecule has 0 aromatic rings. The van der Waals surface area contributed by atoms with Gasteiger partial charge < -0.3 is 10.5 Å². The van der Waals surface area contributed by atoms with Crippen LogP contribution in [0.15, 0.2) is 0 Å². The monoisotopic (exact) mass is 189 g/mol. The highest BCUT2D eigenvalue weighted by Gasteiger charge is 2.33. The second kappa shape index (κ2) is 4.44. The summed E-state index contributed by atoms with van der Waals surface area (Å²) in [5.41, 5.74) is 4.40. The molecule has 4 heteroatoms. The summed E-state index contributed by atoms with van der Waals surface area (Å²) >= 11 is 0. The van der Waals surface area contributed by atoms with E-state index in [1.165, 1.54) is 0 Å². The number of carbonyl (C=O) groups is 1. The van der Waals surface area contributed by atoms with Crippen LogP contribution in [0.1, 0.15) is 32.1 Å². The fraction of sp³-hybridized carbons (Fsp3) is 0.889. The Bertz CT molecular complexity index is 178. The third-order valence-corrected chi connectivity index (χ3v) is 2.72. The summed E-state index contributed by atoms with van der Waals surface area (Å²) in [5, 5.41) is 0.